The first kappa shape index (κ1) is 50.4. The Labute approximate surface area is 324 Å². The van der Waals surface area contributed by atoms with E-state index in [-0.39, 0.29) is 25.2 Å². The van der Waals surface area contributed by atoms with Crippen LogP contribution in [0.25, 0.3) is 0 Å². The fourth-order valence-electron chi connectivity index (χ4n) is 6.50. The topological polar surface area (TPSA) is 61.8 Å². The van der Waals surface area contributed by atoms with Crippen LogP contribution >= 0.6 is 0 Å². The molecule has 0 aromatic heterocycles. The van der Waals surface area contributed by atoms with Crippen LogP contribution in [0.1, 0.15) is 239 Å². The van der Waals surface area contributed by atoms with Crippen molar-refractivity contribution >= 4 is 11.9 Å². The SMILES string of the molecule is CCCCCC/C=C\CCCCCCCCOCC(COC(=O)CCCCCCC/C=C\CCCCCC)OC(=O)CCCCCCCCCCC. The molecule has 0 aliphatic heterocycles. The fourth-order valence-corrected chi connectivity index (χ4v) is 6.50. The Morgan fingerprint density at radius 2 is 0.750 bits per heavy atom. The number of allylic oxidation sites excluding steroid dienone is 4. The van der Waals surface area contributed by atoms with E-state index in [4.69, 9.17) is 14.2 Å². The van der Waals surface area contributed by atoms with Gasteiger partial charge in [-0.15, -0.1) is 0 Å². The molecule has 0 bridgehead atoms. The van der Waals surface area contributed by atoms with Gasteiger partial charge < -0.3 is 14.2 Å². The molecule has 0 spiro atoms. The van der Waals surface area contributed by atoms with Crippen molar-refractivity contribution in [2.24, 2.45) is 0 Å². The summed E-state index contributed by atoms with van der Waals surface area (Å²) in [7, 11) is 0. The van der Waals surface area contributed by atoms with Gasteiger partial charge in [0.1, 0.15) is 6.61 Å². The van der Waals surface area contributed by atoms with Crippen LogP contribution in [0.5, 0.6) is 0 Å². The van der Waals surface area contributed by atoms with E-state index in [0.717, 1.165) is 51.4 Å². The zero-order valence-electron chi connectivity index (χ0n) is 35.1. The number of carbonyl (C=O) groups is 2. The number of esters is 2. The fraction of sp³-hybridized carbons (Fsp3) is 0.872. The maximum atomic E-state index is 12.7. The van der Waals surface area contributed by atoms with Gasteiger partial charge in [0.2, 0.25) is 0 Å². The molecule has 52 heavy (non-hydrogen) atoms. The van der Waals surface area contributed by atoms with Gasteiger partial charge in [0.05, 0.1) is 6.61 Å². The van der Waals surface area contributed by atoms with E-state index in [1.807, 2.05) is 0 Å². The Hall–Kier alpha value is -1.62. The summed E-state index contributed by atoms with van der Waals surface area (Å²) in [5, 5.41) is 0. The second-order valence-electron chi connectivity index (χ2n) is 15.3. The summed E-state index contributed by atoms with van der Waals surface area (Å²) in [5.41, 5.74) is 0. The van der Waals surface area contributed by atoms with Gasteiger partial charge in [-0.3, -0.25) is 9.59 Å². The molecule has 5 nitrogen and oxygen atoms in total. The molecule has 0 fully saturated rings. The van der Waals surface area contributed by atoms with Crippen LogP contribution in [0.3, 0.4) is 0 Å². The summed E-state index contributed by atoms with van der Waals surface area (Å²) in [6, 6.07) is 0. The Morgan fingerprint density at radius 1 is 0.404 bits per heavy atom. The average Bonchev–Trinajstić information content (AvgIpc) is 3.14. The van der Waals surface area contributed by atoms with Crippen LogP contribution < -0.4 is 0 Å². The summed E-state index contributed by atoms with van der Waals surface area (Å²) in [5.74, 6) is -0.404. The molecular weight excluding hydrogens is 645 g/mol. The Bertz CT molecular complexity index is 791. The second kappa shape index (κ2) is 43.8. The van der Waals surface area contributed by atoms with Crippen molar-refractivity contribution in [3.05, 3.63) is 24.3 Å². The smallest absolute Gasteiger partial charge is 0.306 e. The summed E-state index contributed by atoms with van der Waals surface area (Å²) in [6.07, 6.45) is 48.8. The molecule has 0 rings (SSSR count). The quantitative estimate of drug-likeness (QED) is 0.0355. The molecule has 0 saturated carbocycles. The lowest BCUT2D eigenvalue weighted by molar-refractivity contribution is -0.163. The molecule has 0 aliphatic carbocycles. The van der Waals surface area contributed by atoms with Crippen LogP contribution in [0.2, 0.25) is 0 Å². The highest BCUT2D eigenvalue weighted by atomic mass is 16.6. The normalized spacial score (nSPS) is 12.3. The van der Waals surface area contributed by atoms with Crippen molar-refractivity contribution in [2.75, 3.05) is 19.8 Å². The molecule has 1 atom stereocenters. The third-order valence-electron chi connectivity index (χ3n) is 9.96. The van der Waals surface area contributed by atoms with E-state index in [2.05, 4.69) is 45.1 Å². The van der Waals surface area contributed by atoms with Gasteiger partial charge in [-0.1, -0.05) is 180 Å². The predicted molar refractivity (Wildman–Crippen MR) is 224 cm³/mol. The molecule has 0 aromatic carbocycles. The molecule has 0 aromatic rings. The molecule has 0 saturated heterocycles. The zero-order chi connectivity index (χ0) is 37.8. The third-order valence-corrected chi connectivity index (χ3v) is 9.96. The molecule has 0 heterocycles. The molecule has 5 heteroatoms. The molecule has 0 amide bonds. The number of hydrogen-bond donors (Lipinski definition) is 0. The Morgan fingerprint density at radius 3 is 1.19 bits per heavy atom. The first-order valence-electron chi connectivity index (χ1n) is 22.9. The number of unbranched alkanes of at least 4 members (excludes halogenated alkanes) is 27. The van der Waals surface area contributed by atoms with E-state index in [0.29, 0.717) is 19.4 Å². The zero-order valence-corrected chi connectivity index (χ0v) is 35.1. The lowest BCUT2D eigenvalue weighted by Crippen LogP contribution is -2.30. The number of hydrogen-bond acceptors (Lipinski definition) is 5. The van der Waals surface area contributed by atoms with Crippen molar-refractivity contribution in [2.45, 2.75) is 245 Å². The largest absolute Gasteiger partial charge is 0.462 e. The lowest BCUT2D eigenvalue weighted by atomic mass is 10.1. The van der Waals surface area contributed by atoms with Crippen LogP contribution in [0.15, 0.2) is 24.3 Å². The molecule has 0 N–H and O–H groups in total. The minimum atomic E-state index is -0.533. The van der Waals surface area contributed by atoms with Gasteiger partial charge in [0.25, 0.3) is 0 Å². The second-order valence-corrected chi connectivity index (χ2v) is 15.3. The maximum Gasteiger partial charge on any atom is 0.306 e. The van der Waals surface area contributed by atoms with Gasteiger partial charge in [0.15, 0.2) is 6.10 Å². The van der Waals surface area contributed by atoms with Crippen LogP contribution in [0, 0.1) is 0 Å². The number of ether oxygens (including phenoxy) is 3. The van der Waals surface area contributed by atoms with Gasteiger partial charge >= 0.3 is 11.9 Å². The van der Waals surface area contributed by atoms with E-state index in [9.17, 15) is 9.59 Å². The van der Waals surface area contributed by atoms with E-state index >= 15 is 0 Å². The number of rotatable bonds is 42. The summed E-state index contributed by atoms with van der Waals surface area (Å²) >= 11 is 0. The Kier molecular flexibility index (Phi) is 42.4. The van der Waals surface area contributed by atoms with Gasteiger partial charge in [0, 0.05) is 19.4 Å². The molecule has 0 radical (unpaired) electrons. The first-order valence-corrected chi connectivity index (χ1v) is 22.9. The number of carbonyl (C=O) groups excluding carboxylic acids is 2. The lowest BCUT2D eigenvalue weighted by Gasteiger charge is -2.18. The van der Waals surface area contributed by atoms with E-state index in [1.54, 1.807) is 0 Å². The highest BCUT2D eigenvalue weighted by molar-refractivity contribution is 5.70. The van der Waals surface area contributed by atoms with Crippen molar-refractivity contribution in [1.29, 1.82) is 0 Å². The molecule has 306 valence electrons. The highest BCUT2D eigenvalue weighted by Gasteiger charge is 2.17. The standard InChI is InChI=1S/C47H88O5/c1-4-7-10-13-16-19-21-23-25-27-30-33-36-39-42-50-43-45(52-47(49)41-38-35-32-28-18-15-12-9-6-3)44-51-46(48)40-37-34-31-29-26-24-22-20-17-14-11-8-5-2/h19-22,45H,4-18,23-44H2,1-3H3/b21-19-,22-20-. The average molecular weight is 733 g/mol. The van der Waals surface area contributed by atoms with Crippen molar-refractivity contribution < 1.29 is 23.8 Å². The molecular formula is C47H88O5. The summed E-state index contributed by atoms with van der Waals surface area (Å²) in [4.78, 5) is 25.2. The maximum absolute atomic E-state index is 12.7. The monoisotopic (exact) mass is 733 g/mol. The van der Waals surface area contributed by atoms with Crippen LogP contribution in [-0.4, -0.2) is 37.9 Å². The van der Waals surface area contributed by atoms with Crippen molar-refractivity contribution in [3.63, 3.8) is 0 Å². The van der Waals surface area contributed by atoms with Crippen LogP contribution in [-0.2, 0) is 23.8 Å². The van der Waals surface area contributed by atoms with Crippen molar-refractivity contribution in [1.82, 2.24) is 0 Å². The van der Waals surface area contributed by atoms with Crippen LogP contribution in [0.4, 0.5) is 0 Å². The molecule has 0 aliphatic rings. The first-order chi connectivity index (χ1) is 25.6. The van der Waals surface area contributed by atoms with E-state index < -0.39 is 6.10 Å². The van der Waals surface area contributed by atoms with Crippen molar-refractivity contribution in [3.8, 4) is 0 Å². The minimum Gasteiger partial charge on any atom is -0.462 e. The Balaban J connectivity index is 4.21. The summed E-state index contributed by atoms with van der Waals surface area (Å²) in [6.45, 7) is 7.79. The molecule has 1 unspecified atom stereocenters. The van der Waals surface area contributed by atoms with Gasteiger partial charge in [-0.2, -0.15) is 0 Å². The van der Waals surface area contributed by atoms with E-state index in [1.165, 1.54) is 154 Å². The van der Waals surface area contributed by atoms with Gasteiger partial charge in [-0.05, 0) is 70.6 Å². The minimum absolute atomic E-state index is 0.0836. The third kappa shape index (κ3) is 41.1. The predicted octanol–water partition coefficient (Wildman–Crippen LogP) is 14.9. The van der Waals surface area contributed by atoms with Gasteiger partial charge in [-0.25, -0.2) is 0 Å². The summed E-state index contributed by atoms with van der Waals surface area (Å²) < 4.78 is 17.3. The highest BCUT2D eigenvalue weighted by Crippen LogP contribution is 2.14.